The Morgan fingerprint density at radius 3 is 2.28 bits per heavy atom. The number of furan rings is 1. The normalized spacial score (nSPS) is 16.1. The molecule has 0 bridgehead atoms. The molecule has 0 aliphatic heterocycles. The Kier molecular flexibility index (Phi) is 8.19. The number of hydrogen-bond acceptors (Lipinski definition) is 4. The van der Waals surface area contributed by atoms with Crippen molar-refractivity contribution in [3.05, 3.63) is 107 Å². The fourth-order valence-corrected chi connectivity index (χ4v) is 7.06. The zero-order valence-corrected chi connectivity index (χ0v) is 34.3. The first-order valence-electron chi connectivity index (χ1n) is 21.5. The van der Waals surface area contributed by atoms with Crippen molar-refractivity contribution in [1.29, 1.82) is 0 Å². The summed E-state index contributed by atoms with van der Waals surface area (Å²) in [6, 6.07) is 20.7. The third kappa shape index (κ3) is 9.07. The van der Waals surface area contributed by atoms with Gasteiger partial charge in [-0.2, -0.15) is 0 Å². The van der Waals surface area contributed by atoms with E-state index in [2.05, 4.69) is 86.8 Å². The SMILES string of the molecule is [2H]C(C)(C)c1cc(-c2[c-]cc(C(C)(C)C)cc2)ncc1[Si](C)(C)C.[2H]c1c(-c2[c-]ccc3c2oc2nc(C([2H])([2H])[2H])ccc23)ncc(C([2H])([2H])[2H])c1C([2H])([2H])C(C)(C)C.[Ir]. The van der Waals surface area contributed by atoms with Crippen LogP contribution >= 0.6 is 0 Å². The van der Waals surface area contributed by atoms with Gasteiger partial charge in [0.25, 0.3) is 0 Å². The van der Waals surface area contributed by atoms with Crippen LogP contribution in [0.2, 0.25) is 19.6 Å². The van der Waals surface area contributed by atoms with E-state index in [0.29, 0.717) is 10.8 Å². The molecule has 0 atom stereocenters. The maximum atomic E-state index is 8.86. The quantitative estimate of drug-likeness (QED) is 0.128. The summed E-state index contributed by atoms with van der Waals surface area (Å²) in [4.78, 5) is 13.1. The monoisotopic (exact) mass is 870 g/mol. The summed E-state index contributed by atoms with van der Waals surface area (Å²) in [5.74, 6) is -0.626. The number of aryl methyl sites for hydroxylation is 2. The molecule has 0 fully saturated rings. The molecule has 0 aliphatic rings. The smallest absolute Gasteiger partial charge is 0.216 e. The third-order valence-electron chi connectivity index (χ3n) is 8.08. The molecule has 0 spiro atoms. The number of aromatic nitrogens is 3. The average molecular weight is 870 g/mol. The van der Waals surface area contributed by atoms with Crippen molar-refractivity contribution in [2.45, 2.75) is 106 Å². The first-order chi connectivity index (χ1) is 26.7. The molecule has 265 valence electrons. The Bertz CT molecular complexity index is 2500. The van der Waals surface area contributed by atoms with Gasteiger partial charge in [0.05, 0.1) is 15.0 Å². The molecule has 0 amide bonds. The molecular formula is C44H53IrN3OSi-2. The van der Waals surface area contributed by atoms with Gasteiger partial charge in [0, 0.05) is 55.9 Å². The van der Waals surface area contributed by atoms with Gasteiger partial charge in [-0.3, -0.25) is 0 Å². The first-order valence-corrected chi connectivity index (χ1v) is 20.0. The number of rotatable bonds is 5. The van der Waals surface area contributed by atoms with Crippen LogP contribution in [0.5, 0.6) is 0 Å². The molecule has 2 aromatic carbocycles. The Labute approximate surface area is 329 Å². The maximum Gasteiger partial charge on any atom is 0.216 e. The molecule has 4 nitrogen and oxygen atoms in total. The van der Waals surface area contributed by atoms with Gasteiger partial charge in [0.2, 0.25) is 5.71 Å². The summed E-state index contributed by atoms with van der Waals surface area (Å²) >= 11 is 0. The van der Waals surface area contributed by atoms with E-state index in [0.717, 1.165) is 23.0 Å². The van der Waals surface area contributed by atoms with Gasteiger partial charge in [0.15, 0.2) is 0 Å². The number of benzene rings is 2. The summed E-state index contributed by atoms with van der Waals surface area (Å²) in [6.07, 6.45) is 0.904. The van der Waals surface area contributed by atoms with Gasteiger partial charge in [0.1, 0.15) is 0 Å². The van der Waals surface area contributed by atoms with Crippen molar-refractivity contribution < 1.29 is 38.2 Å². The maximum absolute atomic E-state index is 8.86. The van der Waals surface area contributed by atoms with E-state index in [1.165, 1.54) is 16.8 Å². The molecule has 6 aromatic rings. The van der Waals surface area contributed by atoms with E-state index < -0.39 is 39.5 Å². The van der Waals surface area contributed by atoms with Crippen molar-refractivity contribution in [3.8, 4) is 22.5 Å². The summed E-state index contributed by atoms with van der Waals surface area (Å²) in [5, 5.41) is 2.41. The van der Waals surface area contributed by atoms with E-state index in [-0.39, 0.29) is 70.9 Å². The fourth-order valence-electron chi connectivity index (χ4n) is 5.48. The van der Waals surface area contributed by atoms with Crippen LogP contribution in [0.3, 0.4) is 0 Å². The predicted molar refractivity (Wildman–Crippen MR) is 210 cm³/mol. The van der Waals surface area contributed by atoms with Crippen molar-refractivity contribution in [3.63, 3.8) is 0 Å². The van der Waals surface area contributed by atoms with Crippen LogP contribution in [0, 0.1) is 31.3 Å². The van der Waals surface area contributed by atoms with Crippen LogP contribution in [0.25, 0.3) is 44.6 Å². The van der Waals surface area contributed by atoms with E-state index in [1.807, 2.05) is 20.0 Å². The zero-order valence-electron chi connectivity index (χ0n) is 40.9. The number of nitrogens with zero attached hydrogens (tertiary/aromatic N) is 3. The zero-order chi connectivity index (χ0) is 44.5. The molecule has 4 aromatic heterocycles. The van der Waals surface area contributed by atoms with Crippen molar-refractivity contribution in [2.75, 3.05) is 0 Å². The van der Waals surface area contributed by atoms with Crippen LogP contribution in [0.4, 0.5) is 0 Å². The van der Waals surface area contributed by atoms with Crippen molar-refractivity contribution in [2.24, 2.45) is 5.41 Å². The van der Waals surface area contributed by atoms with E-state index in [4.69, 9.17) is 23.1 Å². The van der Waals surface area contributed by atoms with Crippen LogP contribution in [0.15, 0.2) is 71.4 Å². The molecule has 0 saturated heterocycles. The van der Waals surface area contributed by atoms with E-state index in [9.17, 15) is 0 Å². The number of pyridine rings is 3. The van der Waals surface area contributed by atoms with Gasteiger partial charge in [-0.25, -0.2) is 4.98 Å². The summed E-state index contributed by atoms with van der Waals surface area (Å²) < 4.78 is 87.3. The van der Waals surface area contributed by atoms with Gasteiger partial charge >= 0.3 is 0 Å². The summed E-state index contributed by atoms with van der Waals surface area (Å²) in [7, 11) is -1.54. The molecule has 50 heavy (non-hydrogen) atoms. The molecule has 0 saturated carbocycles. The van der Waals surface area contributed by atoms with Crippen LogP contribution in [0.1, 0.15) is 103 Å². The minimum atomic E-state index is -2.68. The molecule has 6 rings (SSSR count). The molecule has 4 heterocycles. The van der Waals surface area contributed by atoms with Crippen LogP contribution in [-0.4, -0.2) is 23.0 Å². The minimum absolute atomic E-state index is 0. The molecule has 1 radical (unpaired) electrons. The molecule has 0 aliphatic carbocycles. The standard InChI is InChI=1S/C23H23N2O.C21H30NSi.Ir/c1-14-13-24-20(11-16(14)12-23(3,4)5)19-8-6-7-17-18-10-9-15(2)25-22(18)26-21(17)19;1-15(2)18-13-19(22-14-20(18)23(6,7)8)16-9-11-17(12-10-16)21(3,4)5;/h6-7,9-11,13H,12H2,1-5H3;9,11-15H,1-8H3;/q2*-1;/i1D3,2D3,11D,12D2;15D;. The molecular weight excluding hydrogens is 807 g/mol. The topological polar surface area (TPSA) is 51.8 Å². The number of hydrogen-bond donors (Lipinski definition) is 0. The summed E-state index contributed by atoms with van der Waals surface area (Å²) in [5.41, 5.74) is 3.21. The summed E-state index contributed by atoms with van der Waals surface area (Å²) in [6.45, 7) is 17.3. The molecule has 0 N–H and O–H groups in total. The van der Waals surface area contributed by atoms with Gasteiger partial charge in [-0.1, -0.05) is 109 Å². The number of fused-ring (bicyclic) bond motifs is 3. The Morgan fingerprint density at radius 1 is 0.940 bits per heavy atom. The second-order valence-corrected chi connectivity index (χ2v) is 20.8. The second kappa shape index (κ2) is 15.0. The van der Waals surface area contributed by atoms with Crippen molar-refractivity contribution in [1.82, 2.24) is 15.0 Å². The average Bonchev–Trinajstić information content (AvgIpc) is 3.47. The largest absolute Gasteiger partial charge is 0.486 e. The van der Waals surface area contributed by atoms with Gasteiger partial charge in [-0.15, -0.1) is 53.6 Å². The molecule has 6 heteroatoms. The second-order valence-electron chi connectivity index (χ2n) is 15.7. The fraction of sp³-hybridized carbons (Fsp3) is 0.386. The first kappa shape index (κ1) is 27.2. The third-order valence-corrected chi connectivity index (χ3v) is 10.1. The molecule has 0 unspecified atom stereocenters. The Balaban J connectivity index is 0.000000279. The minimum Gasteiger partial charge on any atom is -0.486 e. The van der Waals surface area contributed by atoms with Gasteiger partial charge in [-0.05, 0) is 71.1 Å². The van der Waals surface area contributed by atoms with Gasteiger partial charge < -0.3 is 14.4 Å². The Morgan fingerprint density at radius 2 is 1.68 bits per heavy atom. The van der Waals surface area contributed by atoms with Crippen LogP contribution in [-0.2, 0) is 31.9 Å². The van der Waals surface area contributed by atoms with Crippen molar-refractivity contribution >= 4 is 35.3 Å². The Hall–Kier alpha value is -3.44. The van der Waals surface area contributed by atoms with E-state index >= 15 is 0 Å². The predicted octanol–water partition coefficient (Wildman–Crippen LogP) is 11.6. The van der Waals surface area contributed by atoms with Crippen LogP contribution < -0.4 is 5.19 Å². The van der Waals surface area contributed by atoms with E-state index in [1.54, 1.807) is 39.0 Å².